The van der Waals surface area contributed by atoms with Gasteiger partial charge in [-0.25, -0.2) is 23.7 Å². The summed E-state index contributed by atoms with van der Waals surface area (Å²) < 4.78 is 31.3. The molecular formula is C61H75F2N11O5S. The van der Waals surface area contributed by atoms with Gasteiger partial charge in [-0.15, -0.1) is 11.3 Å². The number of nitrogens with one attached hydrogen (secondary N) is 4. The van der Waals surface area contributed by atoms with Crippen LogP contribution in [0.3, 0.4) is 0 Å². The van der Waals surface area contributed by atoms with Gasteiger partial charge in [0, 0.05) is 81.8 Å². The summed E-state index contributed by atoms with van der Waals surface area (Å²) >= 11 is 1.57. The minimum Gasteiger partial charge on any atom is -0.391 e. The first kappa shape index (κ1) is 57.7. The van der Waals surface area contributed by atoms with Crippen LogP contribution in [0, 0.1) is 41.2 Å². The van der Waals surface area contributed by atoms with E-state index in [0.29, 0.717) is 56.9 Å². The Bertz CT molecular complexity index is 3100. The molecule has 424 valence electrons. The Morgan fingerprint density at radius 1 is 0.912 bits per heavy atom. The van der Waals surface area contributed by atoms with Crippen molar-refractivity contribution in [3.8, 4) is 22.3 Å². The van der Waals surface area contributed by atoms with Crippen LogP contribution in [0.2, 0.25) is 0 Å². The van der Waals surface area contributed by atoms with Crippen molar-refractivity contribution in [2.45, 2.75) is 136 Å². The molecule has 80 heavy (non-hydrogen) atoms. The number of carbonyl (C=O) groups excluding carboxylic acids is 4. The number of hydrogen-bond donors (Lipinski definition) is 5. The van der Waals surface area contributed by atoms with E-state index in [1.54, 1.807) is 16.2 Å². The number of aryl methyl sites for hydroxylation is 1. The Labute approximate surface area is 472 Å². The van der Waals surface area contributed by atoms with Gasteiger partial charge in [0.2, 0.25) is 23.6 Å². The molecule has 9 rings (SSSR count). The highest BCUT2D eigenvalue weighted by atomic mass is 32.1. The molecule has 4 amide bonds. The number of piperidine rings is 2. The maximum absolute atomic E-state index is 15.7. The third-order valence-electron chi connectivity index (χ3n) is 16.2. The summed E-state index contributed by atoms with van der Waals surface area (Å²) in [5, 5.41) is 23.2. The Balaban J connectivity index is 0.721. The van der Waals surface area contributed by atoms with E-state index >= 15 is 8.78 Å². The fraction of sp³-hybridized carbons (Fsp3) is 0.492. The average Bonchev–Trinajstić information content (AvgIpc) is 4.07. The average molecular weight is 1110 g/mol. The van der Waals surface area contributed by atoms with Crippen molar-refractivity contribution in [1.82, 2.24) is 40.7 Å². The first-order valence-corrected chi connectivity index (χ1v) is 28.7. The topological polar surface area (TPSA) is 188 Å². The molecule has 3 aromatic carbocycles. The molecule has 4 aliphatic heterocycles. The highest BCUT2D eigenvalue weighted by Gasteiger charge is 2.45. The summed E-state index contributed by atoms with van der Waals surface area (Å²) in [6.45, 7) is 17.9. The van der Waals surface area contributed by atoms with Crippen molar-refractivity contribution < 1.29 is 33.1 Å². The molecule has 4 unspecified atom stereocenters. The predicted octanol–water partition coefficient (Wildman–Crippen LogP) is 7.90. The summed E-state index contributed by atoms with van der Waals surface area (Å²) in [6, 6.07) is 17.9. The first-order chi connectivity index (χ1) is 38.1. The van der Waals surface area contributed by atoms with Crippen molar-refractivity contribution in [1.29, 1.82) is 0 Å². The SMILES string of the molecule is Cc1ncsc1-c1ccc(C(C)NC(=O)C2CC(O)CN2C(=O)C(NC(=O)CCC#Cc2ccc(CNc3cc(N4CCC5(CC4)CN(c4cc(F)c(CN6CCC(C)(C)CC6)cc4F)CC(=O)N5)ncn3)cc2)C(C)(C)C)cc1. The fourth-order valence-electron chi connectivity index (χ4n) is 11.2. The van der Waals surface area contributed by atoms with Crippen LogP contribution >= 0.6 is 11.3 Å². The molecular weight excluding hydrogens is 1040 g/mol. The van der Waals surface area contributed by atoms with Crippen LogP contribution in [-0.4, -0.2) is 123 Å². The highest BCUT2D eigenvalue weighted by molar-refractivity contribution is 7.13. The van der Waals surface area contributed by atoms with Crippen LogP contribution in [-0.2, 0) is 32.3 Å². The largest absolute Gasteiger partial charge is 0.391 e. The zero-order valence-electron chi connectivity index (χ0n) is 47.0. The number of anilines is 3. The number of aliphatic hydroxyl groups is 1. The summed E-state index contributed by atoms with van der Waals surface area (Å²) in [6.07, 6.45) is 4.26. The minimum atomic E-state index is -0.948. The van der Waals surface area contributed by atoms with Gasteiger partial charge in [0.1, 0.15) is 41.7 Å². The van der Waals surface area contributed by atoms with Crippen LogP contribution in [0.25, 0.3) is 10.4 Å². The molecule has 16 nitrogen and oxygen atoms in total. The number of nitrogens with zero attached hydrogens (tertiary/aromatic N) is 7. The summed E-state index contributed by atoms with van der Waals surface area (Å²) in [4.78, 5) is 76.2. The standard InChI is InChI=1S/C61H75F2N11O5S/c1-39(43-16-18-44(19-17-43)55-40(2)67-38-80-55)68-57(78)50-29-46(75)34-74(50)58(79)56(59(3,4)5)69-53(76)11-9-8-10-41-12-14-42(15-13-41)32-64-51-31-52(66-37-65-51)72-26-22-61(23-27-72)36-73(35-54(77)70-61)49-30-47(62)45(28-48(49)63)33-71-24-20-60(6,7)21-25-71/h12-19,28,30-31,37-39,46,50,56,75H,9,11,20-27,29,32-36H2,1-7H3,(H,68,78)(H,69,76)(H,70,77)(H,64,65,66). The van der Waals surface area contributed by atoms with Crippen LogP contribution in [0.1, 0.15) is 120 Å². The van der Waals surface area contributed by atoms with Gasteiger partial charge in [0.05, 0.1) is 46.0 Å². The van der Waals surface area contributed by atoms with Crippen LogP contribution in [0.15, 0.2) is 78.6 Å². The summed E-state index contributed by atoms with van der Waals surface area (Å²) in [7, 11) is 0. The summed E-state index contributed by atoms with van der Waals surface area (Å²) in [5.41, 5.74) is 5.90. The third-order valence-corrected chi connectivity index (χ3v) is 17.2. The molecule has 5 N–H and O–H groups in total. The number of aliphatic hydroxyl groups excluding tert-OH is 1. The normalized spacial score (nSPS) is 19.9. The maximum atomic E-state index is 15.7. The number of hydrogen-bond acceptors (Lipinski definition) is 13. The van der Waals surface area contributed by atoms with Gasteiger partial charge in [0.15, 0.2) is 0 Å². The molecule has 0 radical (unpaired) electrons. The van der Waals surface area contributed by atoms with Crippen LogP contribution in [0.4, 0.5) is 26.1 Å². The number of aromatic nitrogens is 3. The van der Waals surface area contributed by atoms with Crippen molar-refractivity contribution in [3.05, 3.63) is 118 Å². The smallest absolute Gasteiger partial charge is 0.246 e. The molecule has 4 atom stereocenters. The van der Waals surface area contributed by atoms with Crippen LogP contribution < -0.4 is 31.1 Å². The molecule has 4 aliphatic rings. The van der Waals surface area contributed by atoms with Gasteiger partial charge >= 0.3 is 0 Å². The molecule has 1 spiro atoms. The molecule has 0 saturated carbocycles. The number of halogens is 2. The number of likely N-dealkylation sites (tertiary alicyclic amines) is 2. The number of carbonyl (C=O) groups is 4. The second kappa shape index (κ2) is 24.4. The fourth-order valence-corrected chi connectivity index (χ4v) is 12.0. The second-order valence-corrected chi connectivity index (χ2v) is 24.9. The lowest BCUT2D eigenvalue weighted by atomic mass is 9.82. The van der Waals surface area contributed by atoms with Gasteiger partial charge < -0.3 is 41.1 Å². The molecule has 0 bridgehead atoms. The van der Waals surface area contributed by atoms with Gasteiger partial charge in [-0.2, -0.15) is 0 Å². The van der Waals surface area contributed by atoms with Gasteiger partial charge in [-0.1, -0.05) is 82.9 Å². The Morgan fingerprint density at radius 2 is 1.64 bits per heavy atom. The van der Waals surface area contributed by atoms with E-state index in [4.69, 9.17) is 0 Å². The molecule has 4 saturated heterocycles. The Morgan fingerprint density at radius 3 is 2.33 bits per heavy atom. The minimum absolute atomic E-state index is 0.0186. The van der Waals surface area contributed by atoms with E-state index in [9.17, 15) is 24.3 Å². The zero-order chi connectivity index (χ0) is 56.9. The molecule has 5 aromatic rings. The van der Waals surface area contributed by atoms with Crippen molar-refractivity contribution >= 4 is 52.3 Å². The van der Waals surface area contributed by atoms with E-state index in [-0.39, 0.29) is 67.2 Å². The van der Waals surface area contributed by atoms with Crippen molar-refractivity contribution in [2.75, 3.05) is 60.9 Å². The predicted molar refractivity (Wildman–Crippen MR) is 307 cm³/mol. The van der Waals surface area contributed by atoms with Crippen LogP contribution in [0.5, 0.6) is 0 Å². The van der Waals surface area contributed by atoms with E-state index in [2.05, 4.69) is 71.7 Å². The van der Waals surface area contributed by atoms with Gasteiger partial charge in [-0.3, -0.25) is 24.1 Å². The number of benzene rings is 3. The van der Waals surface area contributed by atoms with E-state index in [1.807, 2.05) is 94.7 Å². The number of thiazole rings is 1. The molecule has 0 aliphatic carbocycles. The number of amides is 4. The highest BCUT2D eigenvalue weighted by Crippen LogP contribution is 2.36. The third kappa shape index (κ3) is 14.1. The van der Waals surface area contributed by atoms with Crippen molar-refractivity contribution in [3.63, 3.8) is 0 Å². The maximum Gasteiger partial charge on any atom is 0.246 e. The summed E-state index contributed by atoms with van der Waals surface area (Å²) in [5.74, 6) is 5.27. The van der Waals surface area contributed by atoms with Gasteiger partial charge in [-0.05, 0) is 98.3 Å². The van der Waals surface area contributed by atoms with E-state index in [1.165, 1.54) is 23.4 Å². The molecule has 4 fully saturated rings. The van der Waals surface area contributed by atoms with E-state index < -0.39 is 46.7 Å². The zero-order valence-corrected chi connectivity index (χ0v) is 47.8. The van der Waals surface area contributed by atoms with Crippen molar-refractivity contribution in [2.24, 2.45) is 10.8 Å². The lowest BCUT2D eigenvalue weighted by molar-refractivity contribution is -0.144. The lowest BCUT2D eigenvalue weighted by Crippen LogP contribution is -2.66. The number of piperazine rings is 1. The second-order valence-electron chi connectivity index (χ2n) is 24.0. The van der Waals surface area contributed by atoms with Gasteiger partial charge in [0.25, 0.3) is 0 Å². The molecule has 6 heterocycles. The lowest BCUT2D eigenvalue weighted by Gasteiger charge is -2.48. The first-order valence-electron chi connectivity index (χ1n) is 27.8. The van der Waals surface area contributed by atoms with E-state index in [0.717, 1.165) is 64.6 Å². The number of rotatable bonds is 15. The molecule has 2 aromatic heterocycles. The molecule has 19 heteroatoms. The monoisotopic (exact) mass is 1110 g/mol. The quantitative estimate of drug-likeness (QED) is 0.0639. The number of β-amino-alcohol motifs (C(OH)–C–C–N with tert-alkyl or cyclic N) is 1. The Kier molecular flexibility index (Phi) is 17.6. The Hall–Kier alpha value is -7.01.